The summed E-state index contributed by atoms with van der Waals surface area (Å²) in [6, 6.07) is 17.8. The van der Waals surface area contributed by atoms with E-state index in [4.69, 9.17) is 11.6 Å². The van der Waals surface area contributed by atoms with Gasteiger partial charge in [0.05, 0.1) is 23.6 Å². The van der Waals surface area contributed by atoms with Crippen LogP contribution < -0.4 is 10.6 Å². The van der Waals surface area contributed by atoms with Gasteiger partial charge in [-0.1, -0.05) is 59.3 Å². The molecule has 190 valence electrons. The molecule has 0 spiro atoms. The van der Waals surface area contributed by atoms with Crippen LogP contribution in [0.5, 0.6) is 5.75 Å². The van der Waals surface area contributed by atoms with E-state index < -0.39 is 0 Å². The van der Waals surface area contributed by atoms with Gasteiger partial charge in [0.15, 0.2) is 5.82 Å². The van der Waals surface area contributed by atoms with Crippen molar-refractivity contribution in [3.63, 3.8) is 0 Å². The fourth-order valence-corrected chi connectivity index (χ4v) is 4.53. The van der Waals surface area contributed by atoms with Crippen molar-refractivity contribution < 1.29 is 14.7 Å². The third-order valence-corrected chi connectivity index (χ3v) is 6.56. The Morgan fingerprint density at radius 2 is 1.57 bits per heavy atom. The second kappa shape index (κ2) is 12.9. The van der Waals surface area contributed by atoms with E-state index >= 15 is 0 Å². The van der Waals surface area contributed by atoms with Gasteiger partial charge in [0, 0.05) is 6.42 Å². The summed E-state index contributed by atoms with van der Waals surface area (Å²) < 4.78 is 0. The third-order valence-electron chi connectivity index (χ3n) is 5.36. The number of phenolic OH excluding ortho intramolecular Hbond substituents is 1. The zero-order chi connectivity index (χ0) is 26.0. The minimum Gasteiger partial charge on any atom is -0.506 e. The van der Waals surface area contributed by atoms with Crippen molar-refractivity contribution in [2.24, 2.45) is 0 Å². The molecule has 0 saturated heterocycles. The molecule has 0 unspecified atom stereocenters. The molecule has 4 rings (SSSR count). The van der Waals surface area contributed by atoms with Crippen LogP contribution in [-0.2, 0) is 35.3 Å². The fraction of sp³-hybridized carbons (Fsp3) is 0.231. The highest BCUT2D eigenvalue weighted by Crippen LogP contribution is 2.24. The molecule has 0 atom stereocenters. The van der Waals surface area contributed by atoms with Gasteiger partial charge in [0.1, 0.15) is 10.8 Å². The molecule has 0 aliphatic heterocycles. The molecule has 0 bridgehead atoms. The van der Waals surface area contributed by atoms with Crippen molar-refractivity contribution in [2.75, 3.05) is 10.6 Å². The Balaban J connectivity index is 1.15. The highest BCUT2D eigenvalue weighted by atomic mass is 35.5. The molecule has 0 aliphatic rings. The summed E-state index contributed by atoms with van der Waals surface area (Å²) in [5.41, 5.74) is 2.48. The first-order chi connectivity index (χ1) is 17.9. The number of nitrogens with one attached hydrogen (secondary N) is 2. The molecule has 9 nitrogen and oxygen atoms in total. The predicted octanol–water partition coefficient (Wildman–Crippen LogP) is 4.61. The van der Waals surface area contributed by atoms with E-state index in [1.54, 1.807) is 18.2 Å². The summed E-state index contributed by atoms with van der Waals surface area (Å²) in [5.74, 6) is 0.0432. The Hall–Kier alpha value is -3.89. The topological polar surface area (TPSA) is 130 Å². The summed E-state index contributed by atoms with van der Waals surface area (Å²) >= 11 is 7.23. The quantitative estimate of drug-likeness (QED) is 0.238. The number of nitrogens with zero attached hydrogens (tertiary/aromatic N) is 4. The molecule has 2 heterocycles. The van der Waals surface area contributed by atoms with Gasteiger partial charge in [0.25, 0.3) is 0 Å². The molecule has 0 fully saturated rings. The molecule has 2 aromatic heterocycles. The maximum Gasteiger partial charge on any atom is 0.230 e. The number of benzene rings is 2. The number of aromatic nitrogens is 4. The molecule has 11 heteroatoms. The highest BCUT2D eigenvalue weighted by molar-refractivity contribution is 7.15. The van der Waals surface area contributed by atoms with Gasteiger partial charge >= 0.3 is 0 Å². The van der Waals surface area contributed by atoms with Crippen molar-refractivity contribution in [3.05, 3.63) is 87.5 Å². The predicted molar refractivity (Wildman–Crippen MR) is 143 cm³/mol. The van der Waals surface area contributed by atoms with Gasteiger partial charge in [-0.2, -0.15) is 5.10 Å². The van der Waals surface area contributed by atoms with Gasteiger partial charge < -0.3 is 15.7 Å². The summed E-state index contributed by atoms with van der Waals surface area (Å²) in [5, 5.41) is 33.0. The van der Waals surface area contributed by atoms with Crippen LogP contribution in [0.1, 0.15) is 34.7 Å². The van der Waals surface area contributed by atoms with Crippen LogP contribution in [0.3, 0.4) is 0 Å². The molecule has 0 radical (unpaired) electrons. The summed E-state index contributed by atoms with van der Waals surface area (Å²) in [6.07, 6.45) is 3.66. The second-order valence-electron chi connectivity index (χ2n) is 8.34. The van der Waals surface area contributed by atoms with Crippen LogP contribution in [0.2, 0.25) is 5.02 Å². The van der Waals surface area contributed by atoms with Crippen LogP contribution in [0, 0.1) is 0 Å². The number of amides is 2. The van der Waals surface area contributed by atoms with Crippen molar-refractivity contribution in [1.29, 1.82) is 0 Å². The van der Waals surface area contributed by atoms with Crippen molar-refractivity contribution in [2.45, 2.75) is 38.5 Å². The Bertz CT molecular complexity index is 1350. The van der Waals surface area contributed by atoms with Gasteiger partial charge in [0.2, 0.25) is 16.9 Å². The van der Waals surface area contributed by atoms with Gasteiger partial charge in [-0.05, 0) is 54.7 Å². The summed E-state index contributed by atoms with van der Waals surface area (Å²) in [4.78, 5) is 24.4. The number of carbonyl (C=O) groups is 2. The molecule has 2 aromatic carbocycles. The van der Waals surface area contributed by atoms with E-state index in [1.807, 2.05) is 36.4 Å². The number of aromatic hydroxyl groups is 1. The zero-order valence-corrected chi connectivity index (χ0v) is 21.4. The largest absolute Gasteiger partial charge is 0.506 e. The molecule has 37 heavy (non-hydrogen) atoms. The van der Waals surface area contributed by atoms with E-state index in [9.17, 15) is 14.7 Å². The Kier molecular flexibility index (Phi) is 9.12. The van der Waals surface area contributed by atoms with E-state index in [2.05, 4.69) is 31.0 Å². The number of carbonyl (C=O) groups excluding carboxylic acids is 2. The number of hydrogen-bond donors (Lipinski definition) is 3. The van der Waals surface area contributed by atoms with Crippen LogP contribution in [0.4, 0.5) is 10.9 Å². The lowest BCUT2D eigenvalue weighted by atomic mass is 10.1. The van der Waals surface area contributed by atoms with Gasteiger partial charge in [-0.3, -0.25) is 9.59 Å². The van der Waals surface area contributed by atoms with Crippen molar-refractivity contribution in [1.82, 2.24) is 20.4 Å². The number of rotatable bonds is 11. The van der Waals surface area contributed by atoms with Crippen LogP contribution in [0.15, 0.2) is 60.7 Å². The van der Waals surface area contributed by atoms with E-state index in [0.717, 1.165) is 41.9 Å². The average molecular weight is 537 g/mol. The first-order valence-corrected chi connectivity index (χ1v) is 12.9. The maximum atomic E-state index is 12.3. The van der Waals surface area contributed by atoms with Crippen molar-refractivity contribution in [3.8, 4) is 5.75 Å². The molecular formula is C26H25ClN6O3S. The fourth-order valence-electron chi connectivity index (χ4n) is 3.52. The second-order valence-corrected chi connectivity index (χ2v) is 9.81. The lowest BCUT2D eigenvalue weighted by molar-refractivity contribution is -0.116. The van der Waals surface area contributed by atoms with E-state index in [0.29, 0.717) is 16.5 Å². The smallest absolute Gasteiger partial charge is 0.230 e. The number of unbranched alkanes of at least 4 members (excludes halogenated alkanes) is 1. The Labute approximate surface area is 222 Å². The maximum absolute atomic E-state index is 12.3. The molecular weight excluding hydrogens is 512 g/mol. The van der Waals surface area contributed by atoms with Gasteiger partial charge in [-0.15, -0.1) is 15.3 Å². The van der Waals surface area contributed by atoms with E-state index in [-0.39, 0.29) is 35.4 Å². The number of halogens is 1. The van der Waals surface area contributed by atoms with Crippen molar-refractivity contribution >= 4 is 45.7 Å². The normalized spacial score (nSPS) is 10.7. The number of phenols is 1. The standard InChI is InChI=1S/C26H25ClN6O3S/c27-20-14-18(10-12-21(20)34)16-24(36)29-26-33-32-25(37-26)9-5-4-8-19-11-13-22(31-30-19)28-23(35)15-17-6-2-1-3-7-17/h1-3,6-7,10-14,34H,4-5,8-9,15-16H2,(H,28,31,35)(H,29,33,36). The lowest BCUT2D eigenvalue weighted by Crippen LogP contribution is -2.15. The van der Waals surface area contributed by atoms with Crippen LogP contribution in [0.25, 0.3) is 0 Å². The average Bonchev–Trinajstić information content (AvgIpc) is 3.32. The highest BCUT2D eigenvalue weighted by Gasteiger charge is 2.11. The molecule has 0 saturated carbocycles. The molecule has 2 amide bonds. The Morgan fingerprint density at radius 3 is 2.32 bits per heavy atom. The molecule has 3 N–H and O–H groups in total. The number of aryl methyl sites for hydroxylation is 2. The summed E-state index contributed by atoms with van der Waals surface area (Å²) in [6.45, 7) is 0. The monoisotopic (exact) mass is 536 g/mol. The van der Waals surface area contributed by atoms with Gasteiger partial charge in [-0.25, -0.2) is 0 Å². The minimum atomic E-state index is -0.234. The van der Waals surface area contributed by atoms with Crippen LogP contribution in [-0.4, -0.2) is 37.3 Å². The first kappa shape index (κ1) is 26.2. The first-order valence-electron chi connectivity index (χ1n) is 11.7. The SMILES string of the molecule is O=C(Cc1ccccc1)Nc1ccc(CCCCc2nnc(NC(=O)Cc3ccc(O)c(Cl)c3)s2)nn1. The number of anilines is 2. The lowest BCUT2D eigenvalue weighted by Gasteiger charge is -2.05. The molecule has 0 aliphatic carbocycles. The van der Waals surface area contributed by atoms with Crippen LogP contribution >= 0.6 is 22.9 Å². The minimum absolute atomic E-state index is 0.0216. The third kappa shape index (κ3) is 8.33. The Morgan fingerprint density at radius 1 is 0.811 bits per heavy atom. The number of hydrogen-bond acceptors (Lipinski definition) is 8. The summed E-state index contributed by atoms with van der Waals surface area (Å²) in [7, 11) is 0. The molecule has 4 aromatic rings. The zero-order valence-electron chi connectivity index (χ0n) is 19.9. The van der Waals surface area contributed by atoms with E-state index in [1.165, 1.54) is 17.4 Å².